The topological polar surface area (TPSA) is 41.6 Å². The molecule has 146 valence electrons. The van der Waals surface area contributed by atoms with Gasteiger partial charge in [0.1, 0.15) is 5.75 Å². The largest absolute Gasteiger partial charge is 0.494 e. The molecular formula is C22H30N2O2S. The molecule has 0 aliphatic carbocycles. The number of amides is 1. The molecule has 27 heavy (non-hydrogen) atoms. The van der Waals surface area contributed by atoms with Crippen LogP contribution in [0.4, 0.5) is 0 Å². The highest BCUT2D eigenvalue weighted by molar-refractivity contribution is 7.09. The molecule has 3 rings (SSSR count). The van der Waals surface area contributed by atoms with Gasteiger partial charge in [-0.1, -0.05) is 18.2 Å². The van der Waals surface area contributed by atoms with Gasteiger partial charge in [0.25, 0.3) is 0 Å². The summed E-state index contributed by atoms with van der Waals surface area (Å²) in [6.07, 6.45) is 3.74. The van der Waals surface area contributed by atoms with Gasteiger partial charge in [0, 0.05) is 30.9 Å². The van der Waals surface area contributed by atoms with Crippen molar-refractivity contribution in [3.63, 3.8) is 0 Å². The van der Waals surface area contributed by atoms with Gasteiger partial charge in [0.05, 0.1) is 6.61 Å². The Bertz CT molecular complexity index is 685. The minimum Gasteiger partial charge on any atom is -0.494 e. The number of hydrogen-bond acceptors (Lipinski definition) is 4. The van der Waals surface area contributed by atoms with Gasteiger partial charge in [0.2, 0.25) is 5.91 Å². The molecule has 1 fully saturated rings. The molecule has 1 atom stereocenters. The molecule has 1 saturated heterocycles. The lowest BCUT2D eigenvalue weighted by Gasteiger charge is -2.32. The summed E-state index contributed by atoms with van der Waals surface area (Å²) in [5.74, 6) is 1.60. The Morgan fingerprint density at radius 3 is 2.89 bits per heavy atom. The molecule has 0 radical (unpaired) electrons. The number of thiophene rings is 1. The normalized spacial score (nSPS) is 17.6. The van der Waals surface area contributed by atoms with Gasteiger partial charge < -0.3 is 10.1 Å². The molecule has 0 bridgehead atoms. The van der Waals surface area contributed by atoms with E-state index >= 15 is 0 Å². The molecule has 1 aliphatic rings. The summed E-state index contributed by atoms with van der Waals surface area (Å²) in [6, 6.07) is 12.4. The smallest absolute Gasteiger partial charge is 0.220 e. The lowest BCUT2D eigenvalue weighted by molar-refractivity contribution is -0.121. The molecule has 2 heterocycles. The van der Waals surface area contributed by atoms with Crippen molar-refractivity contribution in [3.05, 3.63) is 52.2 Å². The van der Waals surface area contributed by atoms with Crippen molar-refractivity contribution >= 4 is 17.2 Å². The van der Waals surface area contributed by atoms with Crippen LogP contribution in [-0.2, 0) is 17.8 Å². The Balaban J connectivity index is 1.35. The Morgan fingerprint density at radius 2 is 2.15 bits per heavy atom. The van der Waals surface area contributed by atoms with E-state index in [1.807, 2.05) is 42.5 Å². The van der Waals surface area contributed by atoms with E-state index in [1.165, 1.54) is 29.8 Å². The first kappa shape index (κ1) is 19.9. The van der Waals surface area contributed by atoms with E-state index in [0.717, 1.165) is 31.8 Å². The molecule has 2 aromatic rings. The number of benzene rings is 1. The second kappa shape index (κ2) is 10.5. The molecular weight excluding hydrogens is 356 g/mol. The second-order valence-corrected chi connectivity index (χ2v) is 8.24. The molecule has 0 spiro atoms. The van der Waals surface area contributed by atoms with Crippen LogP contribution in [0, 0.1) is 5.92 Å². The fraction of sp³-hybridized carbons (Fsp3) is 0.500. The Hall–Kier alpha value is -1.85. The highest BCUT2D eigenvalue weighted by atomic mass is 32.1. The summed E-state index contributed by atoms with van der Waals surface area (Å²) in [5, 5.41) is 5.29. The van der Waals surface area contributed by atoms with Crippen LogP contribution in [0.2, 0.25) is 0 Å². The summed E-state index contributed by atoms with van der Waals surface area (Å²) < 4.78 is 5.45. The zero-order valence-electron chi connectivity index (χ0n) is 16.2. The summed E-state index contributed by atoms with van der Waals surface area (Å²) in [6.45, 7) is 6.74. The quantitative estimate of drug-likeness (QED) is 0.705. The van der Waals surface area contributed by atoms with Crippen LogP contribution in [0.5, 0.6) is 5.75 Å². The number of hydrogen-bond donors (Lipinski definition) is 1. The van der Waals surface area contributed by atoms with Crippen molar-refractivity contribution in [1.82, 2.24) is 10.2 Å². The molecule has 1 aromatic heterocycles. The molecule has 1 aromatic carbocycles. The van der Waals surface area contributed by atoms with Crippen LogP contribution in [0.25, 0.3) is 0 Å². The number of ether oxygens (including phenoxy) is 1. The summed E-state index contributed by atoms with van der Waals surface area (Å²) in [4.78, 5) is 16.2. The zero-order valence-corrected chi connectivity index (χ0v) is 17.0. The number of carbonyl (C=O) groups excluding carboxylic acids is 1. The van der Waals surface area contributed by atoms with E-state index in [2.05, 4.69) is 27.7 Å². The van der Waals surface area contributed by atoms with Crippen LogP contribution >= 0.6 is 11.3 Å². The van der Waals surface area contributed by atoms with Crippen molar-refractivity contribution < 1.29 is 9.53 Å². The number of nitrogens with one attached hydrogen (secondary N) is 1. The van der Waals surface area contributed by atoms with Gasteiger partial charge in [0.15, 0.2) is 0 Å². The van der Waals surface area contributed by atoms with Gasteiger partial charge in [-0.2, -0.15) is 0 Å². The third-order valence-corrected chi connectivity index (χ3v) is 5.89. The molecule has 5 heteroatoms. The first-order valence-electron chi connectivity index (χ1n) is 9.96. The van der Waals surface area contributed by atoms with E-state index in [9.17, 15) is 4.79 Å². The fourth-order valence-electron chi connectivity index (χ4n) is 3.61. The van der Waals surface area contributed by atoms with Crippen molar-refractivity contribution in [2.75, 3.05) is 26.2 Å². The van der Waals surface area contributed by atoms with Gasteiger partial charge in [-0.25, -0.2) is 0 Å². The van der Waals surface area contributed by atoms with Gasteiger partial charge in [-0.3, -0.25) is 9.69 Å². The van der Waals surface area contributed by atoms with Crippen molar-refractivity contribution in [2.45, 2.75) is 39.2 Å². The maximum absolute atomic E-state index is 12.2. The maximum atomic E-state index is 12.2. The maximum Gasteiger partial charge on any atom is 0.220 e. The van der Waals surface area contributed by atoms with Crippen LogP contribution in [0.1, 0.15) is 36.6 Å². The van der Waals surface area contributed by atoms with Gasteiger partial charge >= 0.3 is 0 Å². The third kappa shape index (κ3) is 6.67. The Morgan fingerprint density at radius 1 is 1.30 bits per heavy atom. The predicted molar refractivity (Wildman–Crippen MR) is 111 cm³/mol. The predicted octanol–water partition coefficient (Wildman–Crippen LogP) is 4.11. The first-order valence-corrected chi connectivity index (χ1v) is 10.8. The standard InChI is InChI=1S/C22H30N2O2S/c1-2-26-20-10-7-18(8-11-20)9-12-22(25)23-15-19-5-3-13-24(16-19)17-21-6-4-14-27-21/h4,6-8,10-11,14,19H,2-3,5,9,12-13,15-17H2,1H3,(H,23,25). The van der Waals surface area contributed by atoms with Crippen LogP contribution < -0.4 is 10.1 Å². The minimum atomic E-state index is 0.152. The lowest BCUT2D eigenvalue weighted by Crippen LogP contribution is -2.40. The summed E-state index contributed by atoms with van der Waals surface area (Å²) in [5.41, 5.74) is 1.17. The second-order valence-electron chi connectivity index (χ2n) is 7.20. The summed E-state index contributed by atoms with van der Waals surface area (Å²) >= 11 is 1.82. The van der Waals surface area contributed by atoms with Gasteiger partial charge in [-0.05, 0) is 67.8 Å². The molecule has 1 aliphatic heterocycles. The number of carbonyl (C=O) groups is 1. The zero-order chi connectivity index (χ0) is 18.9. The number of likely N-dealkylation sites (tertiary alicyclic amines) is 1. The molecule has 1 unspecified atom stereocenters. The highest BCUT2D eigenvalue weighted by Crippen LogP contribution is 2.20. The molecule has 1 N–H and O–H groups in total. The Kier molecular flexibility index (Phi) is 7.72. The van der Waals surface area contributed by atoms with Crippen molar-refractivity contribution in [3.8, 4) is 5.75 Å². The van der Waals surface area contributed by atoms with Crippen LogP contribution in [0.3, 0.4) is 0 Å². The summed E-state index contributed by atoms with van der Waals surface area (Å²) in [7, 11) is 0. The molecule has 4 nitrogen and oxygen atoms in total. The fourth-order valence-corrected chi connectivity index (χ4v) is 4.35. The van der Waals surface area contributed by atoms with Crippen LogP contribution in [-0.4, -0.2) is 37.0 Å². The monoisotopic (exact) mass is 386 g/mol. The van der Waals surface area contributed by atoms with E-state index in [4.69, 9.17) is 4.74 Å². The minimum absolute atomic E-state index is 0.152. The average molecular weight is 387 g/mol. The highest BCUT2D eigenvalue weighted by Gasteiger charge is 2.20. The number of aryl methyl sites for hydroxylation is 1. The number of piperidine rings is 1. The third-order valence-electron chi connectivity index (χ3n) is 5.03. The van der Waals surface area contributed by atoms with E-state index in [1.54, 1.807) is 0 Å². The lowest BCUT2D eigenvalue weighted by atomic mass is 9.98. The van der Waals surface area contributed by atoms with E-state index in [0.29, 0.717) is 18.9 Å². The van der Waals surface area contributed by atoms with Gasteiger partial charge in [-0.15, -0.1) is 11.3 Å². The molecule has 1 amide bonds. The number of nitrogens with zero attached hydrogens (tertiary/aromatic N) is 1. The molecule has 0 saturated carbocycles. The van der Waals surface area contributed by atoms with Crippen molar-refractivity contribution in [2.24, 2.45) is 5.92 Å². The van der Waals surface area contributed by atoms with Crippen LogP contribution in [0.15, 0.2) is 41.8 Å². The van der Waals surface area contributed by atoms with Crippen molar-refractivity contribution in [1.29, 1.82) is 0 Å². The van der Waals surface area contributed by atoms with E-state index < -0.39 is 0 Å². The Labute approximate surface area is 166 Å². The van der Waals surface area contributed by atoms with E-state index in [-0.39, 0.29) is 5.91 Å². The average Bonchev–Trinajstić information content (AvgIpc) is 3.19. The number of rotatable bonds is 9. The first-order chi connectivity index (χ1) is 13.2. The SMILES string of the molecule is CCOc1ccc(CCC(=O)NCC2CCCN(Cc3cccs3)C2)cc1.